The minimum Gasteiger partial charge on any atom is -0.352 e. The van der Waals surface area contributed by atoms with Crippen LogP contribution >= 0.6 is 0 Å². The third kappa shape index (κ3) is 3.34. The van der Waals surface area contributed by atoms with Crippen LogP contribution in [0.2, 0.25) is 0 Å². The van der Waals surface area contributed by atoms with Gasteiger partial charge in [0.2, 0.25) is 0 Å². The molecular formula is C33H21FN2O5. The van der Waals surface area contributed by atoms with Gasteiger partial charge in [0.25, 0.3) is 5.69 Å². The van der Waals surface area contributed by atoms with Crippen molar-refractivity contribution in [2.75, 3.05) is 4.90 Å². The fraction of sp³-hybridized carbons (Fsp3) is 0.121. The lowest BCUT2D eigenvalue weighted by molar-refractivity contribution is -0.384. The van der Waals surface area contributed by atoms with E-state index in [4.69, 9.17) is 0 Å². The number of fused-ring (bicyclic) bond motifs is 5. The highest BCUT2D eigenvalue weighted by Crippen LogP contribution is 2.61. The number of halogens is 1. The average Bonchev–Trinajstić information content (AvgIpc) is 3.43. The molecule has 0 saturated carbocycles. The molecule has 2 heterocycles. The summed E-state index contributed by atoms with van der Waals surface area (Å²) in [7, 11) is 0. The Kier molecular flexibility index (Phi) is 5.37. The maximum Gasteiger partial charge on any atom is 0.270 e. The lowest BCUT2D eigenvalue weighted by atomic mass is 9.64. The highest BCUT2D eigenvalue weighted by Gasteiger charge is 2.71. The summed E-state index contributed by atoms with van der Waals surface area (Å²) in [5.74, 6) is -2.81. The molecule has 0 aromatic heterocycles. The Morgan fingerprint density at radius 3 is 2.20 bits per heavy atom. The first-order chi connectivity index (χ1) is 19.8. The van der Waals surface area contributed by atoms with Crippen LogP contribution in [-0.2, 0) is 0 Å². The van der Waals surface area contributed by atoms with Gasteiger partial charge in [0.15, 0.2) is 17.3 Å². The molecule has 7 rings (SSSR count). The minimum atomic E-state index is -1.73. The Morgan fingerprint density at radius 1 is 0.854 bits per heavy atom. The van der Waals surface area contributed by atoms with Crippen molar-refractivity contribution in [1.82, 2.24) is 0 Å². The number of para-hydroxylation sites is 1. The first kappa shape index (κ1) is 24.8. The predicted molar refractivity (Wildman–Crippen MR) is 150 cm³/mol. The number of nitrogens with zero attached hydrogens (tertiary/aromatic N) is 2. The van der Waals surface area contributed by atoms with Gasteiger partial charge in [-0.3, -0.25) is 24.5 Å². The van der Waals surface area contributed by atoms with Gasteiger partial charge in [-0.15, -0.1) is 0 Å². The highest BCUT2D eigenvalue weighted by atomic mass is 19.1. The van der Waals surface area contributed by atoms with Gasteiger partial charge in [0.1, 0.15) is 17.3 Å². The molecule has 0 bridgehead atoms. The molecule has 4 aromatic rings. The van der Waals surface area contributed by atoms with Crippen LogP contribution in [0.3, 0.4) is 0 Å². The van der Waals surface area contributed by atoms with Crippen LogP contribution in [0.15, 0.2) is 103 Å². The van der Waals surface area contributed by atoms with Crippen molar-refractivity contribution >= 4 is 34.8 Å². The van der Waals surface area contributed by atoms with Gasteiger partial charge < -0.3 is 4.90 Å². The topological polar surface area (TPSA) is 97.6 Å². The lowest BCUT2D eigenvalue weighted by Crippen LogP contribution is -2.48. The molecule has 3 aliphatic rings. The van der Waals surface area contributed by atoms with Gasteiger partial charge in [-0.2, -0.15) is 0 Å². The smallest absolute Gasteiger partial charge is 0.270 e. The molecule has 1 aliphatic carbocycles. The van der Waals surface area contributed by atoms with Gasteiger partial charge in [-0.05, 0) is 29.3 Å². The van der Waals surface area contributed by atoms with Crippen molar-refractivity contribution in [2.45, 2.75) is 18.0 Å². The van der Waals surface area contributed by atoms with E-state index in [-0.39, 0.29) is 22.4 Å². The van der Waals surface area contributed by atoms with E-state index in [0.717, 1.165) is 5.56 Å². The number of nitro groups is 1. The summed E-state index contributed by atoms with van der Waals surface area (Å²) in [4.78, 5) is 56.5. The van der Waals surface area contributed by atoms with Crippen LogP contribution in [0.5, 0.6) is 0 Å². The number of nitro benzene ring substituents is 1. The Morgan fingerprint density at radius 2 is 1.51 bits per heavy atom. The molecule has 41 heavy (non-hydrogen) atoms. The van der Waals surface area contributed by atoms with Gasteiger partial charge in [0, 0.05) is 40.4 Å². The quantitative estimate of drug-likeness (QED) is 0.134. The van der Waals surface area contributed by atoms with Crippen LogP contribution < -0.4 is 4.90 Å². The number of hydrogen-bond donors (Lipinski definition) is 0. The molecule has 1 saturated heterocycles. The van der Waals surface area contributed by atoms with E-state index in [1.165, 1.54) is 48.5 Å². The summed E-state index contributed by atoms with van der Waals surface area (Å²) >= 11 is 0. The van der Waals surface area contributed by atoms with Gasteiger partial charge >= 0.3 is 0 Å². The number of rotatable bonds is 4. The maximum atomic E-state index is 14.6. The number of hydrogen-bond acceptors (Lipinski definition) is 6. The highest BCUT2D eigenvalue weighted by molar-refractivity contribution is 6.32. The standard InChI is InChI=1S/C33H21FN2O5/c34-22-15-12-20(13-16-22)28-29(30(37)21-7-5-8-23(18-21)36(40)41)35-26-11-4-1-6-19(26)14-17-27(35)33(28)31(38)24-9-2-3-10-25(24)32(33)39/h1-18,27-29H/t27-,28+,29-/m0/s1. The number of ketones is 3. The minimum absolute atomic E-state index is 0.0783. The van der Waals surface area contributed by atoms with Crippen LogP contribution in [0.25, 0.3) is 6.08 Å². The molecule has 2 aliphatic heterocycles. The molecule has 0 N–H and O–H groups in total. The van der Waals surface area contributed by atoms with Crippen molar-refractivity contribution in [3.8, 4) is 0 Å². The zero-order valence-corrected chi connectivity index (χ0v) is 21.4. The van der Waals surface area contributed by atoms with E-state index < -0.39 is 51.5 Å². The average molecular weight is 545 g/mol. The summed E-state index contributed by atoms with van der Waals surface area (Å²) in [6, 6.07) is 23.0. The van der Waals surface area contributed by atoms with Crippen LogP contribution in [0.1, 0.15) is 48.1 Å². The monoisotopic (exact) mass is 544 g/mol. The molecule has 0 radical (unpaired) electrons. The second-order valence-electron chi connectivity index (χ2n) is 10.5. The maximum absolute atomic E-state index is 14.6. The number of Topliss-reactive ketones (excluding diaryl/α,β-unsaturated/α-hetero) is 3. The third-order valence-electron chi connectivity index (χ3n) is 8.55. The Bertz CT molecular complexity index is 1790. The van der Waals surface area contributed by atoms with Gasteiger partial charge in [-0.25, -0.2) is 4.39 Å². The molecule has 7 nitrogen and oxygen atoms in total. The van der Waals surface area contributed by atoms with Gasteiger partial charge in [0.05, 0.1) is 11.0 Å². The first-order valence-electron chi connectivity index (χ1n) is 13.1. The fourth-order valence-electron chi connectivity index (χ4n) is 6.90. The van der Waals surface area contributed by atoms with E-state index in [1.54, 1.807) is 30.3 Å². The number of carbonyl (C=O) groups is 3. The fourth-order valence-corrected chi connectivity index (χ4v) is 6.90. The van der Waals surface area contributed by atoms with Crippen molar-refractivity contribution < 1.29 is 23.7 Å². The zero-order chi connectivity index (χ0) is 28.5. The molecule has 0 unspecified atom stereocenters. The zero-order valence-electron chi connectivity index (χ0n) is 21.4. The van der Waals surface area contributed by atoms with E-state index in [9.17, 15) is 28.9 Å². The predicted octanol–water partition coefficient (Wildman–Crippen LogP) is 6.05. The van der Waals surface area contributed by atoms with Crippen LogP contribution in [0, 0.1) is 21.3 Å². The summed E-state index contributed by atoms with van der Waals surface area (Å²) < 4.78 is 14.2. The number of non-ortho nitro benzene ring substituents is 1. The van der Waals surface area contributed by atoms with E-state index in [1.807, 2.05) is 35.2 Å². The Hall–Kier alpha value is -5.24. The molecule has 4 aromatic carbocycles. The number of carbonyl (C=O) groups excluding carboxylic acids is 3. The normalized spacial score (nSPS) is 21.5. The first-order valence-corrected chi connectivity index (χ1v) is 13.1. The summed E-state index contributed by atoms with van der Waals surface area (Å²) in [6.45, 7) is 0. The Labute approximate surface area is 233 Å². The van der Waals surface area contributed by atoms with Crippen molar-refractivity contribution in [3.05, 3.63) is 147 Å². The molecule has 1 fully saturated rings. The van der Waals surface area contributed by atoms with Crippen molar-refractivity contribution in [1.29, 1.82) is 0 Å². The molecule has 0 amide bonds. The molecule has 3 atom stereocenters. The lowest BCUT2D eigenvalue weighted by Gasteiger charge is -2.37. The second kappa shape index (κ2) is 8.89. The molecule has 200 valence electrons. The number of anilines is 1. The van der Waals surface area contributed by atoms with E-state index in [2.05, 4.69) is 0 Å². The van der Waals surface area contributed by atoms with Crippen LogP contribution in [0.4, 0.5) is 15.8 Å². The third-order valence-corrected chi connectivity index (χ3v) is 8.55. The van der Waals surface area contributed by atoms with E-state index >= 15 is 0 Å². The molecule has 1 spiro atoms. The van der Waals surface area contributed by atoms with Crippen LogP contribution in [-0.4, -0.2) is 34.4 Å². The number of benzene rings is 4. The summed E-state index contributed by atoms with van der Waals surface area (Å²) in [6.07, 6.45) is 3.64. The van der Waals surface area contributed by atoms with Crippen molar-refractivity contribution in [2.24, 2.45) is 5.41 Å². The van der Waals surface area contributed by atoms with E-state index in [0.29, 0.717) is 11.3 Å². The van der Waals surface area contributed by atoms with Crippen molar-refractivity contribution in [3.63, 3.8) is 0 Å². The SMILES string of the molecule is O=C(c1cccc([N+](=O)[O-])c1)[C@@H]1[C@@H](c2ccc(F)cc2)C2(C(=O)c3ccccc3C2=O)[C@@H]2C=Cc3ccccc3N12. The van der Waals surface area contributed by atoms with Gasteiger partial charge in [-0.1, -0.05) is 78.9 Å². The Balaban J connectivity index is 1.54. The molecule has 8 heteroatoms. The summed E-state index contributed by atoms with van der Waals surface area (Å²) in [5.41, 5.74) is 0.556. The summed E-state index contributed by atoms with van der Waals surface area (Å²) in [5, 5.41) is 11.6. The second-order valence-corrected chi connectivity index (χ2v) is 10.5. The molecular weight excluding hydrogens is 523 g/mol. The largest absolute Gasteiger partial charge is 0.352 e.